The molecule has 1 saturated heterocycles. The normalized spacial score (nSPS) is 38.1. The summed E-state index contributed by atoms with van der Waals surface area (Å²) < 4.78 is 0. The summed E-state index contributed by atoms with van der Waals surface area (Å²) in [5.41, 5.74) is 0. The van der Waals surface area contributed by atoms with Gasteiger partial charge < -0.3 is 0 Å². The zero-order chi connectivity index (χ0) is 9.42. The van der Waals surface area contributed by atoms with Crippen LogP contribution in [-0.2, 0) is 0 Å². The molecule has 76 valence electrons. The highest BCUT2D eigenvalue weighted by atomic mass is 15.3. The Bertz CT molecular complexity index is 165. The fourth-order valence-electron chi connectivity index (χ4n) is 2.33. The summed E-state index contributed by atoms with van der Waals surface area (Å²) in [6, 6.07) is 1.48. The maximum Gasteiger partial charge on any atom is 0.0195 e. The Morgan fingerprint density at radius 2 is 1.62 bits per heavy atom. The highest BCUT2D eigenvalue weighted by Gasteiger charge is 2.30. The molecular weight excluding hydrogens is 160 g/mol. The maximum atomic E-state index is 2.66. The molecule has 0 radical (unpaired) electrons. The van der Waals surface area contributed by atoms with E-state index in [0.29, 0.717) is 0 Å². The van der Waals surface area contributed by atoms with Crippen LogP contribution in [0.2, 0.25) is 0 Å². The van der Waals surface area contributed by atoms with Crippen LogP contribution in [0.15, 0.2) is 0 Å². The van der Waals surface area contributed by atoms with Gasteiger partial charge in [0, 0.05) is 31.7 Å². The second-order valence-electron chi connectivity index (χ2n) is 5.03. The largest absolute Gasteiger partial charge is 0.300 e. The third-order valence-electron chi connectivity index (χ3n) is 3.65. The van der Waals surface area contributed by atoms with Crippen LogP contribution in [0, 0.1) is 5.92 Å². The lowest BCUT2D eigenvalue weighted by atomic mass is 10.1. The van der Waals surface area contributed by atoms with E-state index in [4.69, 9.17) is 0 Å². The molecule has 0 aromatic rings. The van der Waals surface area contributed by atoms with Crippen molar-refractivity contribution in [3.05, 3.63) is 0 Å². The molecule has 2 rings (SSSR count). The second kappa shape index (κ2) is 3.58. The van der Waals surface area contributed by atoms with E-state index in [1.807, 2.05) is 0 Å². The molecule has 0 N–H and O–H groups in total. The van der Waals surface area contributed by atoms with E-state index in [1.54, 1.807) is 0 Å². The van der Waals surface area contributed by atoms with Crippen LogP contribution >= 0.6 is 0 Å². The number of likely N-dealkylation sites (N-methyl/N-ethyl adjacent to an activating group) is 1. The van der Waals surface area contributed by atoms with Crippen molar-refractivity contribution in [2.24, 2.45) is 5.92 Å². The summed E-state index contributed by atoms with van der Waals surface area (Å²) in [6.07, 6.45) is 2.96. The molecule has 1 saturated carbocycles. The van der Waals surface area contributed by atoms with Crippen molar-refractivity contribution < 1.29 is 0 Å². The van der Waals surface area contributed by atoms with Crippen LogP contribution in [0.5, 0.6) is 0 Å². The number of nitrogens with zero attached hydrogens (tertiary/aromatic N) is 2. The van der Waals surface area contributed by atoms with Crippen LogP contribution in [-0.4, -0.2) is 48.6 Å². The Hall–Kier alpha value is -0.0800. The average Bonchev–Trinajstić information content (AvgIpc) is 2.84. The molecule has 0 aromatic heterocycles. The Kier molecular flexibility index (Phi) is 2.61. The first kappa shape index (κ1) is 9.47. The van der Waals surface area contributed by atoms with Gasteiger partial charge in [-0.1, -0.05) is 0 Å². The van der Waals surface area contributed by atoms with Gasteiger partial charge in [-0.2, -0.15) is 0 Å². The van der Waals surface area contributed by atoms with Gasteiger partial charge in [0.25, 0.3) is 0 Å². The number of rotatable bonds is 2. The molecule has 0 bridgehead atoms. The Balaban J connectivity index is 1.84. The first-order chi connectivity index (χ1) is 6.16. The minimum Gasteiger partial charge on any atom is -0.300 e. The van der Waals surface area contributed by atoms with Crippen LogP contribution in [0.3, 0.4) is 0 Å². The third-order valence-corrected chi connectivity index (χ3v) is 3.65. The zero-order valence-corrected chi connectivity index (χ0v) is 9.16. The summed E-state index contributed by atoms with van der Waals surface area (Å²) in [6.45, 7) is 8.60. The lowest BCUT2D eigenvalue weighted by molar-refractivity contribution is 0.0574. The quantitative estimate of drug-likeness (QED) is 0.637. The summed E-state index contributed by atoms with van der Waals surface area (Å²) in [7, 11) is 2.25. The molecule has 2 heteroatoms. The van der Waals surface area contributed by atoms with Gasteiger partial charge in [0.15, 0.2) is 0 Å². The lowest BCUT2D eigenvalue weighted by Gasteiger charge is -2.42. The second-order valence-corrected chi connectivity index (χ2v) is 5.03. The average molecular weight is 182 g/mol. The molecular formula is C11H22N2. The van der Waals surface area contributed by atoms with E-state index in [0.717, 1.165) is 18.0 Å². The monoisotopic (exact) mass is 182 g/mol. The van der Waals surface area contributed by atoms with Crippen molar-refractivity contribution in [1.82, 2.24) is 9.80 Å². The van der Waals surface area contributed by atoms with Crippen molar-refractivity contribution in [2.45, 2.75) is 38.8 Å². The third kappa shape index (κ3) is 2.23. The van der Waals surface area contributed by atoms with Gasteiger partial charge in [-0.3, -0.25) is 9.80 Å². The minimum absolute atomic E-state index is 0.738. The lowest BCUT2D eigenvalue weighted by Crippen LogP contribution is -2.55. The van der Waals surface area contributed by atoms with Gasteiger partial charge in [-0.25, -0.2) is 0 Å². The van der Waals surface area contributed by atoms with Crippen molar-refractivity contribution in [2.75, 3.05) is 26.7 Å². The predicted molar refractivity (Wildman–Crippen MR) is 55.9 cm³/mol. The van der Waals surface area contributed by atoms with Crippen molar-refractivity contribution >= 4 is 0 Å². The summed E-state index contributed by atoms with van der Waals surface area (Å²) in [5, 5.41) is 0. The van der Waals surface area contributed by atoms with E-state index < -0.39 is 0 Å². The zero-order valence-electron chi connectivity index (χ0n) is 9.16. The molecule has 0 amide bonds. The maximum absolute atomic E-state index is 2.66. The van der Waals surface area contributed by atoms with E-state index >= 15 is 0 Å². The molecule has 0 unspecified atom stereocenters. The van der Waals surface area contributed by atoms with Crippen LogP contribution in [0.4, 0.5) is 0 Å². The SMILES string of the molecule is C[C@H]1CN(CC2CC2)C[C@H](C)N1C. The first-order valence-electron chi connectivity index (χ1n) is 5.61. The van der Waals surface area contributed by atoms with Crippen molar-refractivity contribution in [1.29, 1.82) is 0 Å². The van der Waals surface area contributed by atoms with Crippen molar-refractivity contribution in [3.8, 4) is 0 Å². The van der Waals surface area contributed by atoms with E-state index in [1.165, 1.54) is 32.5 Å². The van der Waals surface area contributed by atoms with Crippen molar-refractivity contribution in [3.63, 3.8) is 0 Å². The molecule has 1 aliphatic heterocycles. The van der Waals surface area contributed by atoms with E-state index in [-0.39, 0.29) is 0 Å². The molecule has 1 heterocycles. The van der Waals surface area contributed by atoms with E-state index in [2.05, 4.69) is 30.7 Å². The standard InChI is InChI=1S/C11H22N2/c1-9-6-13(8-11-4-5-11)7-10(2)12(9)3/h9-11H,4-8H2,1-3H3/t9-,10-/m0/s1. The van der Waals surface area contributed by atoms with Gasteiger partial charge in [-0.05, 0) is 39.7 Å². The number of hydrogen-bond acceptors (Lipinski definition) is 2. The topological polar surface area (TPSA) is 6.48 Å². The van der Waals surface area contributed by atoms with Crippen LogP contribution < -0.4 is 0 Å². The van der Waals surface area contributed by atoms with Gasteiger partial charge in [0.05, 0.1) is 0 Å². The number of piperazine rings is 1. The Labute approximate surface area is 81.9 Å². The predicted octanol–water partition coefficient (Wildman–Crippen LogP) is 1.42. The molecule has 0 spiro atoms. The van der Waals surface area contributed by atoms with Gasteiger partial charge >= 0.3 is 0 Å². The summed E-state index contributed by atoms with van der Waals surface area (Å²) >= 11 is 0. The van der Waals surface area contributed by atoms with E-state index in [9.17, 15) is 0 Å². The molecule has 2 aliphatic rings. The molecule has 2 atom stereocenters. The summed E-state index contributed by atoms with van der Waals surface area (Å²) in [5.74, 6) is 1.04. The van der Waals surface area contributed by atoms with Gasteiger partial charge in [0.2, 0.25) is 0 Å². The smallest absolute Gasteiger partial charge is 0.0195 e. The molecule has 2 nitrogen and oxygen atoms in total. The number of hydrogen-bond donors (Lipinski definition) is 0. The molecule has 0 aromatic carbocycles. The molecule has 13 heavy (non-hydrogen) atoms. The highest BCUT2D eigenvalue weighted by Crippen LogP contribution is 2.30. The molecule has 1 aliphatic carbocycles. The molecule has 2 fully saturated rings. The minimum atomic E-state index is 0.738. The van der Waals surface area contributed by atoms with Crippen LogP contribution in [0.25, 0.3) is 0 Å². The van der Waals surface area contributed by atoms with Crippen LogP contribution in [0.1, 0.15) is 26.7 Å². The Morgan fingerprint density at radius 1 is 1.08 bits per heavy atom. The fourth-order valence-corrected chi connectivity index (χ4v) is 2.33. The van der Waals surface area contributed by atoms with Gasteiger partial charge in [-0.15, -0.1) is 0 Å². The van der Waals surface area contributed by atoms with Gasteiger partial charge in [0.1, 0.15) is 0 Å². The highest BCUT2D eigenvalue weighted by molar-refractivity contribution is 4.86. The first-order valence-corrected chi connectivity index (χ1v) is 5.61. The summed E-state index contributed by atoms with van der Waals surface area (Å²) in [4.78, 5) is 5.16. The fraction of sp³-hybridized carbons (Fsp3) is 1.00. The Morgan fingerprint density at radius 3 is 2.08 bits per heavy atom.